The number of carbonyl (C=O) groups is 2. The molecule has 11 heavy (non-hydrogen) atoms. The number of hydrogen-bond donors (Lipinski definition) is 0. The lowest BCUT2D eigenvalue weighted by molar-refractivity contribution is -0.146. The molecule has 0 N–H and O–H groups in total. The predicted molar refractivity (Wildman–Crippen MR) is 36.8 cm³/mol. The molecule has 1 fully saturated rings. The maximum Gasteiger partial charge on any atom is 0.330 e. The molecule has 0 saturated carbocycles. The summed E-state index contributed by atoms with van der Waals surface area (Å²) < 4.78 is 4.69. The number of hydrogen-bond acceptors (Lipinski definition) is 3. The smallest absolute Gasteiger partial charge is 0.330 e. The van der Waals surface area contributed by atoms with E-state index < -0.39 is 6.04 Å². The summed E-state index contributed by atoms with van der Waals surface area (Å²) in [4.78, 5) is 21.5. The second-order valence-electron chi connectivity index (χ2n) is 2.33. The molecule has 1 aliphatic heterocycles. The van der Waals surface area contributed by atoms with Gasteiger partial charge >= 0.3 is 5.97 Å². The highest BCUT2D eigenvalue weighted by Gasteiger charge is 2.30. The first-order chi connectivity index (χ1) is 5.24. The first kappa shape index (κ1) is 8.04. The Morgan fingerprint density at radius 3 is 3.00 bits per heavy atom. The van der Waals surface area contributed by atoms with E-state index in [1.54, 1.807) is 6.92 Å². The van der Waals surface area contributed by atoms with Crippen molar-refractivity contribution in [1.82, 2.24) is 5.32 Å². The molecule has 0 aromatic heterocycles. The van der Waals surface area contributed by atoms with Crippen LogP contribution in [0.2, 0.25) is 0 Å². The van der Waals surface area contributed by atoms with Gasteiger partial charge in [0.15, 0.2) is 6.04 Å². The highest BCUT2D eigenvalue weighted by Crippen LogP contribution is 2.09. The maximum absolute atomic E-state index is 10.9. The van der Waals surface area contributed by atoms with Gasteiger partial charge in [0.25, 0.3) is 0 Å². The average molecular weight is 156 g/mol. The lowest BCUT2D eigenvalue weighted by atomic mass is 10.2. The van der Waals surface area contributed by atoms with Gasteiger partial charge in [-0.1, -0.05) is 0 Å². The van der Waals surface area contributed by atoms with E-state index in [0.717, 1.165) is 0 Å². The Morgan fingerprint density at radius 1 is 1.82 bits per heavy atom. The van der Waals surface area contributed by atoms with Crippen LogP contribution < -0.4 is 5.32 Å². The van der Waals surface area contributed by atoms with Gasteiger partial charge in [-0.3, -0.25) is 4.79 Å². The zero-order valence-electron chi connectivity index (χ0n) is 6.37. The van der Waals surface area contributed by atoms with Crippen LogP contribution in [0, 0.1) is 0 Å². The van der Waals surface area contributed by atoms with Gasteiger partial charge in [-0.25, -0.2) is 10.1 Å². The van der Waals surface area contributed by atoms with E-state index in [1.165, 1.54) is 0 Å². The molecular formula is C7H10NO3. The van der Waals surface area contributed by atoms with Crippen molar-refractivity contribution < 1.29 is 14.3 Å². The Bertz CT molecular complexity index is 179. The Labute approximate surface area is 64.9 Å². The van der Waals surface area contributed by atoms with E-state index in [-0.39, 0.29) is 11.9 Å². The summed E-state index contributed by atoms with van der Waals surface area (Å²) in [5.74, 6) is -0.568. The van der Waals surface area contributed by atoms with Gasteiger partial charge in [0, 0.05) is 6.42 Å². The van der Waals surface area contributed by atoms with E-state index in [0.29, 0.717) is 19.4 Å². The molecule has 0 aromatic rings. The molecule has 0 aromatic carbocycles. The predicted octanol–water partition coefficient (Wildman–Crippen LogP) is -0.157. The first-order valence-corrected chi connectivity index (χ1v) is 3.64. The summed E-state index contributed by atoms with van der Waals surface area (Å²) >= 11 is 0. The van der Waals surface area contributed by atoms with Gasteiger partial charge in [-0.2, -0.15) is 0 Å². The minimum absolute atomic E-state index is 0.192. The fourth-order valence-corrected chi connectivity index (χ4v) is 0.972. The molecule has 1 saturated heterocycles. The zero-order chi connectivity index (χ0) is 8.27. The van der Waals surface area contributed by atoms with Crippen LogP contribution in [0.3, 0.4) is 0 Å². The van der Waals surface area contributed by atoms with Gasteiger partial charge in [0.1, 0.15) is 0 Å². The van der Waals surface area contributed by atoms with E-state index >= 15 is 0 Å². The molecule has 0 aliphatic carbocycles. The van der Waals surface area contributed by atoms with Gasteiger partial charge in [-0.05, 0) is 13.3 Å². The SMILES string of the molecule is CCOC(=O)C1CCC(=O)[N]1. The molecule has 1 heterocycles. The molecule has 4 nitrogen and oxygen atoms in total. The number of nitrogens with zero attached hydrogens (tertiary/aromatic N) is 1. The fourth-order valence-electron chi connectivity index (χ4n) is 0.972. The summed E-state index contributed by atoms with van der Waals surface area (Å²) in [7, 11) is 0. The third-order valence-corrected chi connectivity index (χ3v) is 1.49. The highest BCUT2D eigenvalue weighted by molar-refractivity contribution is 5.87. The van der Waals surface area contributed by atoms with Gasteiger partial charge < -0.3 is 4.74 Å². The lowest BCUT2D eigenvalue weighted by Gasteiger charge is -2.05. The Kier molecular flexibility index (Phi) is 2.46. The minimum Gasteiger partial charge on any atom is -0.464 e. The molecule has 1 rings (SSSR count). The van der Waals surface area contributed by atoms with Crippen LogP contribution in [0.1, 0.15) is 19.8 Å². The molecule has 1 amide bonds. The third-order valence-electron chi connectivity index (χ3n) is 1.49. The Hall–Kier alpha value is -1.06. The average Bonchev–Trinajstić information content (AvgIpc) is 2.36. The number of carbonyl (C=O) groups excluding carboxylic acids is 2. The van der Waals surface area contributed by atoms with Crippen LogP contribution in [0.5, 0.6) is 0 Å². The fraction of sp³-hybridized carbons (Fsp3) is 0.714. The molecule has 61 valence electrons. The molecule has 1 aliphatic rings. The third kappa shape index (κ3) is 1.93. The van der Waals surface area contributed by atoms with Crippen molar-refractivity contribution in [3.8, 4) is 0 Å². The molecule has 4 heteroatoms. The van der Waals surface area contributed by atoms with Gasteiger partial charge in [0.05, 0.1) is 6.61 Å². The quantitative estimate of drug-likeness (QED) is 0.522. The number of ether oxygens (including phenoxy) is 1. The topological polar surface area (TPSA) is 57.5 Å². The van der Waals surface area contributed by atoms with Gasteiger partial charge in [0.2, 0.25) is 5.91 Å². The summed E-state index contributed by atoms with van der Waals surface area (Å²) in [5.41, 5.74) is 0. The van der Waals surface area contributed by atoms with Crippen LogP contribution >= 0.6 is 0 Å². The monoisotopic (exact) mass is 156 g/mol. The largest absolute Gasteiger partial charge is 0.464 e. The van der Waals surface area contributed by atoms with E-state index in [9.17, 15) is 9.59 Å². The summed E-state index contributed by atoms with van der Waals surface area (Å²) in [6, 6.07) is -0.526. The van der Waals surface area contributed by atoms with Crippen molar-refractivity contribution >= 4 is 11.9 Å². The van der Waals surface area contributed by atoms with E-state index in [4.69, 9.17) is 0 Å². The van der Waals surface area contributed by atoms with Crippen LogP contribution in [0.4, 0.5) is 0 Å². The normalized spacial score (nSPS) is 23.0. The molecule has 0 spiro atoms. The van der Waals surface area contributed by atoms with Crippen molar-refractivity contribution in [2.45, 2.75) is 25.8 Å². The van der Waals surface area contributed by atoms with Crippen molar-refractivity contribution in [3.05, 3.63) is 0 Å². The van der Waals surface area contributed by atoms with Crippen molar-refractivity contribution in [3.63, 3.8) is 0 Å². The summed E-state index contributed by atoms with van der Waals surface area (Å²) in [6.45, 7) is 2.08. The highest BCUT2D eigenvalue weighted by atomic mass is 16.5. The minimum atomic E-state index is -0.526. The van der Waals surface area contributed by atoms with E-state index in [1.807, 2.05) is 0 Å². The molecule has 1 radical (unpaired) electrons. The maximum atomic E-state index is 10.9. The van der Waals surface area contributed by atoms with Gasteiger partial charge in [-0.15, -0.1) is 0 Å². The molecule has 1 atom stereocenters. The Morgan fingerprint density at radius 2 is 2.55 bits per heavy atom. The Balaban J connectivity index is 2.37. The lowest BCUT2D eigenvalue weighted by Crippen LogP contribution is -2.29. The number of amides is 1. The molecule has 0 bridgehead atoms. The van der Waals surface area contributed by atoms with Crippen molar-refractivity contribution in [1.29, 1.82) is 0 Å². The first-order valence-electron chi connectivity index (χ1n) is 3.64. The summed E-state index contributed by atoms with van der Waals surface area (Å²) in [6.07, 6.45) is 0.890. The van der Waals surface area contributed by atoms with Crippen molar-refractivity contribution in [2.75, 3.05) is 6.61 Å². The molecule has 1 unspecified atom stereocenters. The molecular weight excluding hydrogens is 146 g/mol. The second kappa shape index (κ2) is 3.37. The van der Waals surface area contributed by atoms with E-state index in [2.05, 4.69) is 10.1 Å². The van der Waals surface area contributed by atoms with Crippen molar-refractivity contribution in [2.24, 2.45) is 0 Å². The van der Waals surface area contributed by atoms with Crippen LogP contribution in [-0.4, -0.2) is 24.5 Å². The van der Waals surface area contributed by atoms with Crippen LogP contribution in [0.25, 0.3) is 0 Å². The second-order valence-corrected chi connectivity index (χ2v) is 2.33. The van der Waals surface area contributed by atoms with Crippen LogP contribution in [-0.2, 0) is 14.3 Å². The summed E-state index contributed by atoms with van der Waals surface area (Å²) in [5, 5.41) is 3.59. The standard InChI is InChI=1S/C7H10NO3/c1-2-11-7(10)5-3-4-6(9)8-5/h5H,2-4H2,1H3. The number of rotatable bonds is 2. The van der Waals surface area contributed by atoms with Crippen LogP contribution in [0.15, 0.2) is 0 Å². The zero-order valence-corrected chi connectivity index (χ0v) is 6.37. The number of esters is 1.